The molecule has 0 unspecified atom stereocenters. The van der Waals surface area contributed by atoms with Crippen molar-refractivity contribution in [2.75, 3.05) is 19.6 Å². The highest BCUT2D eigenvalue weighted by atomic mass is 32.2. The van der Waals surface area contributed by atoms with Crippen LogP contribution < -0.4 is 5.32 Å². The molecule has 0 radical (unpaired) electrons. The Kier molecular flexibility index (Phi) is 7.09. The van der Waals surface area contributed by atoms with Crippen molar-refractivity contribution in [3.8, 4) is 9.88 Å². The molecule has 1 aliphatic rings. The standard InChI is InChI=1S/C23H27N3O3S3/c1-16-5-6-21(17(2)14-16)32(28,29)26-11-8-18(9-12-26)22(27)24-10-7-19-15-31-23(25-19)20-4-3-13-30-20/h3-6,13-15,18H,7-12H2,1-2H3,(H,24,27). The van der Waals surface area contributed by atoms with Gasteiger partial charge < -0.3 is 5.32 Å². The zero-order valence-electron chi connectivity index (χ0n) is 18.2. The second-order valence-electron chi connectivity index (χ2n) is 8.11. The van der Waals surface area contributed by atoms with Crippen LogP contribution in [0.3, 0.4) is 0 Å². The van der Waals surface area contributed by atoms with Crippen LogP contribution in [0.25, 0.3) is 9.88 Å². The van der Waals surface area contributed by atoms with E-state index in [1.54, 1.807) is 28.7 Å². The molecule has 4 rings (SSSR count). The van der Waals surface area contributed by atoms with Crippen LogP contribution in [-0.2, 0) is 21.2 Å². The highest BCUT2D eigenvalue weighted by Crippen LogP contribution is 2.28. The van der Waals surface area contributed by atoms with Gasteiger partial charge in [0.05, 0.1) is 15.5 Å². The van der Waals surface area contributed by atoms with Crippen molar-refractivity contribution < 1.29 is 13.2 Å². The van der Waals surface area contributed by atoms with Crippen LogP contribution in [0.15, 0.2) is 46.0 Å². The van der Waals surface area contributed by atoms with E-state index in [-0.39, 0.29) is 11.8 Å². The van der Waals surface area contributed by atoms with Crippen molar-refractivity contribution in [2.24, 2.45) is 5.92 Å². The van der Waals surface area contributed by atoms with Crippen LogP contribution in [0.1, 0.15) is 29.7 Å². The lowest BCUT2D eigenvalue weighted by Crippen LogP contribution is -2.43. The Morgan fingerprint density at radius 3 is 2.66 bits per heavy atom. The molecule has 0 spiro atoms. The Labute approximate surface area is 197 Å². The number of thiophene rings is 1. The number of hydrogen-bond donors (Lipinski definition) is 1. The van der Waals surface area contributed by atoms with Gasteiger partial charge >= 0.3 is 0 Å². The summed E-state index contributed by atoms with van der Waals surface area (Å²) >= 11 is 3.29. The first-order valence-electron chi connectivity index (χ1n) is 10.7. The minimum absolute atomic E-state index is 0.00211. The molecule has 1 aliphatic heterocycles. The molecule has 3 heterocycles. The van der Waals surface area contributed by atoms with Crippen molar-refractivity contribution in [1.82, 2.24) is 14.6 Å². The first-order chi connectivity index (χ1) is 15.3. The van der Waals surface area contributed by atoms with Crippen molar-refractivity contribution >= 4 is 38.6 Å². The minimum Gasteiger partial charge on any atom is -0.355 e. The largest absolute Gasteiger partial charge is 0.355 e. The summed E-state index contributed by atoms with van der Waals surface area (Å²) in [6.45, 7) is 5.04. The van der Waals surface area contributed by atoms with Gasteiger partial charge in [0, 0.05) is 37.4 Å². The number of hydrogen-bond acceptors (Lipinski definition) is 6. The molecule has 0 saturated carbocycles. The molecule has 170 valence electrons. The monoisotopic (exact) mass is 489 g/mol. The number of amides is 1. The molecule has 1 N–H and O–H groups in total. The van der Waals surface area contributed by atoms with E-state index in [4.69, 9.17) is 0 Å². The van der Waals surface area contributed by atoms with Crippen LogP contribution in [0.5, 0.6) is 0 Å². The first-order valence-corrected chi connectivity index (χ1v) is 13.9. The highest BCUT2D eigenvalue weighted by Gasteiger charge is 2.32. The van der Waals surface area contributed by atoms with E-state index >= 15 is 0 Å². The van der Waals surface area contributed by atoms with Crippen LogP contribution >= 0.6 is 22.7 Å². The number of piperidine rings is 1. The molecule has 6 nitrogen and oxygen atoms in total. The number of nitrogens with zero attached hydrogens (tertiary/aromatic N) is 2. The lowest BCUT2D eigenvalue weighted by molar-refractivity contribution is -0.126. The van der Waals surface area contributed by atoms with Crippen LogP contribution in [0.2, 0.25) is 0 Å². The molecular formula is C23H27N3O3S3. The van der Waals surface area contributed by atoms with E-state index < -0.39 is 10.0 Å². The summed E-state index contributed by atoms with van der Waals surface area (Å²) in [5.41, 5.74) is 2.78. The Hall–Kier alpha value is -2.07. The van der Waals surface area contributed by atoms with Crippen LogP contribution in [0.4, 0.5) is 0 Å². The highest BCUT2D eigenvalue weighted by molar-refractivity contribution is 7.89. The molecule has 0 atom stereocenters. The summed E-state index contributed by atoms with van der Waals surface area (Å²) < 4.78 is 27.6. The van der Waals surface area contributed by atoms with E-state index in [1.165, 1.54) is 4.31 Å². The van der Waals surface area contributed by atoms with E-state index in [2.05, 4.69) is 16.4 Å². The van der Waals surface area contributed by atoms with Crippen LogP contribution in [-0.4, -0.2) is 43.2 Å². The fourth-order valence-corrected chi connectivity index (χ4v) is 7.32. The second-order valence-corrected chi connectivity index (χ2v) is 11.8. The third kappa shape index (κ3) is 5.11. The summed E-state index contributed by atoms with van der Waals surface area (Å²) in [6.07, 6.45) is 1.76. The van der Waals surface area contributed by atoms with Gasteiger partial charge in [-0.2, -0.15) is 4.31 Å². The zero-order valence-corrected chi connectivity index (χ0v) is 20.7. The molecule has 0 aliphatic carbocycles. The zero-order chi connectivity index (χ0) is 22.7. The number of rotatable bonds is 7. The van der Waals surface area contributed by atoms with Gasteiger partial charge in [-0.15, -0.1) is 22.7 Å². The number of nitrogens with one attached hydrogen (secondary N) is 1. The van der Waals surface area contributed by atoms with Gasteiger partial charge in [0.2, 0.25) is 15.9 Å². The van der Waals surface area contributed by atoms with E-state index in [1.807, 2.05) is 42.8 Å². The molecule has 3 aromatic rings. The number of thiazole rings is 1. The van der Waals surface area contributed by atoms with Crippen molar-refractivity contribution in [1.29, 1.82) is 0 Å². The van der Waals surface area contributed by atoms with E-state index in [9.17, 15) is 13.2 Å². The molecule has 1 fully saturated rings. The predicted molar refractivity (Wildman–Crippen MR) is 130 cm³/mol. The van der Waals surface area contributed by atoms with Gasteiger partial charge in [-0.25, -0.2) is 13.4 Å². The molecule has 1 amide bonds. The van der Waals surface area contributed by atoms with Crippen molar-refractivity contribution in [2.45, 2.75) is 38.0 Å². The molecule has 0 bridgehead atoms. The van der Waals surface area contributed by atoms with Gasteiger partial charge in [0.15, 0.2) is 0 Å². The summed E-state index contributed by atoms with van der Waals surface area (Å²) in [7, 11) is -3.53. The fraction of sp³-hybridized carbons (Fsp3) is 0.391. The Balaban J connectivity index is 1.26. The maximum Gasteiger partial charge on any atom is 0.243 e. The van der Waals surface area contributed by atoms with Crippen molar-refractivity contribution in [3.63, 3.8) is 0 Å². The number of aryl methyl sites for hydroxylation is 2. The number of aromatic nitrogens is 1. The number of benzene rings is 1. The van der Waals surface area contributed by atoms with Gasteiger partial charge in [0.25, 0.3) is 0 Å². The Bertz CT molecular complexity index is 1180. The van der Waals surface area contributed by atoms with E-state index in [0.29, 0.717) is 43.8 Å². The van der Waals surface area contributed by atoms with Gasteiger partial charge in [0.1, 0.15) is 5.01 Å². The number of sulfonamides is 1. The predicted octanol–water partition coefficient (Wildman–Crippen LogP) is 4.25. The molecule has 2 aromatic heterocycles. The first kappa shape index (κ1) is 23.1. The number of carbonyl (C=O) groups excluding carboxylic acids is 1. The minimum atomic E-state index is -3.53. The maximum atomic E-state index is 13.0. The fourth-order valence-electron chi connectivity index (χ4n) is 3.98. The third-order valence-electron chi connectivity index (χ3n) is 5.74. The van der Waals surface area contributed by atoms with Crippen molar-refractivity contribution in [3.05, 3.63) is 57.9 Å². The lowest BCUT2D eigenvalue weighted by Gasteiger charge is -2.31. The molecule has 9 heteroatoms. The summed E-state index contributed by atoms with van der Waals surface area (Å²) in [6, 6.07) is 9.47. The maximum absolute atomic E-state index is 13.0. The Morgan fingerprint density at radius 2 is 1.97 bits per heavy atom. The topological polar surface area (TPSA) is 79.4 Å². The van der Waals surface area contributed by atoms with Gasteiger partial charge in [-0.05, 0) is 49.8 Å². The summed E-state index contributed by atoms with van der Waals surface area (Å²) in [5.74, 6) is -0.153. The van der Waals surface area contributed by atoms with Gasteiger partial charge in [-0.3, -0.25) is 4.79 Å². The average Bonchev–Trinajstić information content (AvgIpc) is 3.45. The lowest BCUT2D eigenvalue weighted by atomic mass is 9.97. The molecule has 1 aromatic carbocycles. The molecule has 32 heavy (non-hydrogen) atoms. The summed E-state index contributed by atoms with van der Waals surface area (Å²) in [4.78, 5) is 18.8. The van der Waals surface area contributed by atoms with E-state index in [0.717, 1.165) is 26.7 Å². The van der Waals surface area contributed by atoms with Crippen LogP contribution in [0, 0.1) is 19.8 Å². The normalized spacial score (nSPS) is 15.7. The number of carbonyl (C=O) groups is 1. The van der Waals surface area contributed by atoms with Gasteiger partial charge in [-0.1, -0.05) is 23.8 Å². The quantitative estimate of drug-likeness (QED) is 0.538. The second kappa shape index (κ2) is 9.82. The average molecular weight is 490 g/mol. The molecule has 1 saturated heterocycles. The third-order valence-corrected chi connectivity index (χ3v) is 9.73. The smallest absolute Gasteiger partial charge is 0.243 e. The summed E-state index contributed by atoms with van der Waals surface area (Å²) in [5, 5.41) is 8.09. The molecular weight excluding hydrogens is 462 g/mol. The SMILES string of the molecule is Cc1ccc(S(=O)(=O)N2CCC(C(=O)NCCc3csc(-c4cccs4)n3)CC2)c(C)c1. The Morgan fingerprint density at radius 1 is 1.19 bits per heavy atom.